The molecule has 1 amide bonds. The Morgan fingerprint density at radius 2 is 1.68 bits per heavy atom. The van der Waals surface area contributed by atoms with Gasteiger partial charge in [-0.25, -0.2) is 4.79 Å². The van der Waals surface area contributed by atoms with Crippen molar-refractivity contribution in [2.75, 3.05) is 6.54 Å². The molecule has 3 rings (SSSR count). The maximum atomic E-state index is 12.8. The number of hydrogen-bond donors (Lipinski definition) is 1. The van der Waals surface area contributed by atoms with Crippen LogP contribution in [0.15, 0.2) is 54.6 Å². The molecule has 0 unspecified atom stereocenters. The van der Waals surface area contributed by atoms with Crippen molar-refractivity contribution >= 4 is 11.9 Å². The highest BCUT2D eigenvalue weighted by atomic mass is 16.5. The number of aryl methyl sites for hydroxylation is 2. The van der Waals surface area contributed by atoms with Gasteiger partial charge in [-0.2, -0.15) is 5.10 Å². The third-order valence-electron chi connectivity index (χ3n) is 5.25. The van der Waals surface area contributed by atoms with Crippen molar-refractivity contribution in [2.45, 2.75) is 46.8 Å². The van der Waals surface area contributed by atoms with E-state index < -0.39 is 12.1 Å². The molecule has 0 bridgehead atoms. The topological polar surface area (TPSA) is 73.2 Å². The maximum absolute atomic E-state index is 12.8. The van der Waals surface area contributed by atoms with Crippen molar-refractivity contribution < 1.29 is 14.3 Å². The molecule has 1 atom stereocenters. The normalized spacial score (nSPS) is 11.7. The van der Waals surface area contributed by atoms with Gasteiger partial charge in [0.2, 0.25) is 0 Å². The molecule has 162 valence electrons. The highest BCUT2D eigenvalue weighted by Gasteiger charge is 2.24. The summed E-state index contributed by atoms with van der Waals surface area (Å²) in [7, 11) is 0. The first-order valence-corrected chi connectivity index (χ1v) is 10.5. The monoisotopic (exact) mass is 419 g/mol. The quantitative estimate of drug-likeness (QED) is 0.564. The van der Waals surface area contributed by atoms with Crippen LogP contribution < -0.4 is 5.32 Å². The Kier molecular flexibility index (Phi) is 7.23. The summed E-state index contributed by atoms with van der Waals surface area (Å²) in [5.41, 5.74) is 5.15. The van der Waals surface area contributed by atoms with Gasteiger partial charge in [-0.1, -0.05) is 60.2 Å². The van der Waals surface area contributed by atoms with Crippen LogP contribution in [0, 0.1) is 20.8 Å². The Morgan fingerprint density at radius 1 is 1.00 bits per heavy atom. The summed E-state index contributed by atoms with van der Waals surface area (Å²) in [5, 5.41) is 7.32. The van der Waals surface area contributed by atoms with Crippen LogP contribution in [0.5, 0.6) is 0 Å². The number of aromatic nitrogens is 2. The second-order valence-electron chi connectivity index (χ2n) is 7.76. The zero-order valence-electron chi connectivity index (χ0n) is 18.5. The van der Waals surface area contributed by atoms with E-state index >= 15 is 0 Å². The fourth-order valence-corrected chi connectivity index (χ4v) is 3.40. The Hall–Kier alpha value is -3.41. The number of amides is 1. The minimum absolute atomic E-state index is 0.313. The first kappa shape index (κ1) is 22.3. The molecule has 0 aliphatic rings. The second-order valence-corrected chi connectivity index (χ2v) is 7.76. The molecular weight excluding hydrogens is 390 g/mol. The van der Waals surface area contributed by atoms with Crippen LogP contribution in [0.4, 0.5) is 0 Å². The van der Waals surface area contributed by atoms with Crippen LogP contribution in [0.25, 0.3) is 0 Å². The summed E-state index contributed by atoms with van der Waals surface area (Å²) in [4.78, 5) is 25.1. The predicted octanol–water partition coefficient (Wildman–Crippen LogP) is 3.76. The van der Waals surface area contributed by atoms with Crippen LogP contribution in [0.1, 0.15) is 45.4 Å². The van der Waals surface area contributed by atoms with E-state index in [1.807, 2.05) is 68.4 Å². The standard InChI is InChI=1S/C25H29N3O3/c1-17-10-12-22(13-11-17)16-28-19(3)23(18(2)27-28)25(30)31-20(4)24(29)26-15-14-21-8-6-5-7-9-21/h5-13,20H,14-16H2,1-4H3,(H,26,29)/t20-/m0/s1. The number of hydrogen-bond acceptors (Lipinski definition) is 4. The van der Waals surface area contributed by atoms with Gasteiger partial charge in [0.25, 0.3) is 5.91 Å². The number of benzene rings is 2. The van der Waals surface area contributed by atoms with Gasteiger partial charge in [0.15, 0.2) is 6.10 Å². The average molecular weight is 420 g/mol. The molecule has 3 aromatic rings. The lowest BCUT2D eigenvalue weighted by Crippen LogP contribution is -2.37. The highest BCUT2D eigenvalue weighted by Crippen LogP contribution is 2.17. The van der Waals surface area contributed by atoms with E-state index in [4.69, 9.17) is 4.74 Å². The number of ether oxygens (including phenoxy) is 1. The molecule has 0 aliphatic heterocycles. The molecule has 6 nitrogen and oxygen atoms in total. The molecule has 0 aliphatic carbocycles. The van der Waals surface area contributed by atoms with Crippen molar-refractivity contribution in [3.05, 3.63) is 88.2 Å². The molecule has 31 heavy (non-hydrogen) atoms. The van der Waals surface area contributed by atoms with E-state index in [0.29, 0.717) is 24.3 Å². The molecule has 1 N–H and O–H groups in total. The lowest BCUT2D eigenvalue weighted by atomic mass is 10.1. The van der Waals surface area contributed by atoms with Crippen LogP contribution in [0.3, 0.4) is 0 Å². The van der Waals surface area contributed by atoms with Gasteiger partial charge in [0, 0.05) is 6.54 Å². The zero-order chi connectivity index (χ0) is 22.4. The third kappa shape index (κ3) is 5.81. The fraction of sp³-hybridized carbons (Fsp3) is 0.320. The summed E-state index contributed by atoms with van der Waals surface area (Å²) in [6.07, 6.45) is -0.167. The summed E-state index contributed by atoms with van der Waals surface area (Å²) < 4.78 is 7.23. The molecule has 0 spiro atoms. The lowest BCUT2D eigenvalue weighted by molar-refractivity contribution is -0.129. The van der Waals surface area contributed by atoms with Crippen molar-refractivity contribution in [3.8, 4) is 0 Å². The molecule has 1 aromatic heterocycles. The first-order valence-electron chi connectivity index (χ1n) is 10.5. The van der Waals surface area contributed by atoms with E-state index in [1.54, 1.807) is 18.5 Å². The highest BCUT2D eigenvalue weighted by molar-refractivity contribution is 5.94. The van der Waals surface area contributed by atoms with E-state index in [-0.39, 0.29) is 5.91 Å². The molecular formula is C25H29N3O3. The van der Waals surface area contributed by atoms with Gasteiger partial charge in [-0.05, 0) is 45.2 Å². The van der Waals surface area contributed by atoms with E-state index in [9.17, 15) is 9.59 Å². The molecule has 0 saturated heterocycles. The van der Waals surface area contributed by atoms with Crippen LogP contribution in [0.2, 0.25) is 0 Å². The van der Waals surface area contributed by atoms with E-state index in [0.717, 1.165) is 23.2 Å². The number of rotatable bonds is 8. The average Bonchev–Trinajstić information content (AvgIpc) is 3.03. The molecule has 6 heteroatoms. The van der Waals surface area contributed by atoms with Crippen LogP contribution in [-0.2, 0) is 22.5 Å². The SMILES string of the molecule is Cc1ccc(Cn2nc(C)c(C(=O)O[C@@H](C)C(=O)NCCc3ccccc3)c2C)cc1. The van der Waals surface area contributed by atoms with Crippen LogP contribution in [-0.4, -0.2) is 34.3 Å². The van der Waals surface area contributed by atoms with Gasteiger partial charge in [0.05, 0.1) is 17.9 Å². The van der Waals surface area contributed by atoms with Gasteiger partial charge in [-0.15, -0.1) is 0 Å². The van der Waals surface area contributed by atoms with E-state index in [1.165, 1.54) is 5.56 Å². The summed E-state index contributed by atoms with van der Waals surface area (Å²) in [5.74, 6) is -0.845. The minimum atomic E-state index is -0.887. The van der Waals surface area contributed by atoms with Gasteiger partial charge >= 0.3 is 5.97 Å². The molecule has 0 fully saturated rings. The number of esters is 1. The molecule has 1 heterocycles. The zero-order valence-corrected chi connectivity index (χ0v) is 18.5. The molecule has 2 aromatic carbocycles. The van der Waals surface area contributed by atoms with Crippen molar-refractivity contribution in [3.63, 3.8) is 0 Å². The van der Waals surface area contributed by atoms with Crippen molar-refractivity contribution in [1.29, 1.82) is 0 Å². The Bertz CT molecular complexity index is 1040. The van der Waals surface area contributed by atoms with Crippen molar-refractivity contribution in [2.24, 2.45) is 0 Å². The number of nitrogens with one attached hydrogen (secondary N) is 1. The summed E-state index contributed by atoms with van der Waals surface area (Å²) in [6.45, 7) is 8.29. The maximum Gasteiger partial charge on any atom is 0.342 e. The first-order chi connectivity index (χ1) is 14.8. The largest absolute Gasteiger partial charge is 0.449 e. The number of carbonyl (C=O) groups is 2. The third-order valence-corrected chi connectivity index (χ3v) is 5.25. The van der Waals surface area contributed by atoms with Gasteiger partial charge in [-0.3, -0.25) is 9.48 Å². The number of carbonyl (C=O) groups excluding carboxylic acids is 2. The molecule has 0 saturated carbocycles. The summed E-state index contributed by atoms with van der Waals surface area (Å²) in [6, 6.07) is 18.1. The Morgan fingerprint density at radius 3 is 2.35 bits per heavy atom. The number of nitrogens with zero attached hydrogens (tertiary/aromatic N) is 2. The van der Waals surface area contributed by atoms with Gasteiger partial charge in [0.1, 0.15) is 5.56 Å². The van der Waals surface area contributed by atoms with Gasteiger partial charge < -0.3 is 10.1 Å². The van der Waals surface area contributed by atoms with E-state index in [2.05, 4.69) is 10.4 Å². The fourth-order valence-electron chi connectivity index (χ4n) is 3.40. The minimum Gasteiger partial charge on any atom is -0.449 e. The second kappa shape index (κ2) is 10.1. The lowest BCUT2D eigenvalue weighted by Gasteiger charge is -2.14. The predicted molar refractivity (Wildman–Crippen MR) is 120 cm³/mol. The Balaban J connectivity index is 1.58. The summed E-state index contributed by atoms with van der Waals surface area (Å²) >= 11 is 0. The Labute approximate surface area is 183 Å². The van der Waals surface area contributed by atoms with Crippen molar-refractivity contribution in [1.82, 2.24) is 15.1 Å². The van der Waals surface area contributed by atoms with Crippen LogP contribution >= 0.6 is 0 Å². The molecule has 0 radical (unpaired) electrons. The smallest absolute Gasteiger partial charge is 0.342 e.